The van der Waals surface area contributed by atoms with Crippen LogP contribution in [-0.2, 0) is 11.3 Å². The molecule has 1 atom stereocenters. The van der Waals surface area contributed by atoms with E-state index in [4.69, 9.17) is 0 Å². The fourth-order valence-electron chi connectivity index (χ4n) is 2.32. The first kappa shape index (κ1) is 14.1. The van der Waals surface area contributed by atoms with Gasteiger partial charge in [0.05, 0.1) is 0 Å². The molecule has 0 bridgehead atoms. The molecule has 0 aromatic heterocycles. The van der Waals surface area contributed by atoms with E-state index in [1.54, 1.807) is 0 Å². The molecule has 1 aliphatic rings. The molecule has 1 aromatic carbocycles. The van der Waals surface area contributed by atoms with Gasteiger partial charge in [0.1, 0.15) is 0 Å². The Morgan fingerprint density at radius 3 is 2.53 bits per heavy atom. The third-order valence-corrected chi connectivity index (χ3v) is 3.68. The Hall–Kier alpha value is -1.35. The Balaban J connectivity index is 1.79. The zero-order chi connectivity index (χ0) is 13.7. The van der Waals surface area contributed by atoms with Gasteiger partial charge in [0, 0.05) is 25.2 Å². The number of hydrogen-bond acceptors (Lipinski definition) is 2. The lowest BCUT2D eigenvalue weighted by Crippen LogP contribution is -2.28. The van der Waals surface area contributed by atoms with Gasteiger partial charge in [0.2, 0.25) is 5.91 Å². The number of rotatable bonds is 7. The van der Waals surface area contributed by atoms with Crippen molar-refractivity contribution in [2.24, 2.45) is 5.92 Å². The van der Waals surface area contributed by atoms with Crippen molar-refractivity contribution in [3.8, 4) is 0 Å². The van der Waals surface area contributed by atoms with Crippen LogP contribution in [0.4, 0.5) is 5.69 Å². The van der Waals surface area contributed by atoms with Crippen LogP contribution in [0.2, 0.25) is 0 Å². The molecule has 1 aromatic rings. The number of nitrogens with one attached hydrogen (secondary N) is 2. The number of anilines is 1. The number of carbonyl (C=O) groups excluding carboxylic acids is 1. The van der Waals surface area contributed by atoms with Crippen molar-refractivity contribution in [3.05, 3.63) is 29.8 Å². The van der Waals surface area contributed by atoms with Gasteiger partial charge in [-0.3, -0.25) is 4.79 Å². The van der Waals surface area contributed by atoms with Crippen LogP contribution in [0.15, 0.2) is 24.3 Å². The average Bonchev–Trinajstić information content (AvgIpc) is 3.19. The van der Waals surface area contributed by atoms with Crippen LogP contribution in [-0.4, -0.2) is 11.9 Å². The largest absolute Gasteiger partial charge is 0.326 e. The summed E-state index contributed by atoms with van der Waals surface area (Å²) in [6.45, 7) is 4.69. The van der Waals surface area contributed by atoms with Gasteiger partial charge in [-0.1, -0.05) is 31.9 Å². The van der Waals surface area contributed by atoms with Crippen LogP contribution in [0.25, 0.3) is 0 Å². The van der Waals surface area contributed by atoms with Crippen molar-refractivity contribution in [1.82, 2.24) is 5.32 Å². The molecule has 2 rings (SSSR count). The number of carbonyl (C=O) groups is 1. The van der Waals surface area contributed by atoms with Gasteiger partial charge >= 0.3 is 0 Å². The molecule has 1 unspecified atom stereocenters. The minimum atomic E-state index is -0.0265. The highest BCUT2D eigenvalue weighted by molar-refractivity contribution is 5.88. The Kier molecular flexibility index (Phi) is 4.97. The quantitative estimate of drug-likeness (QED) is 0.789. The van der Waals surface area contributed by atoms with E-state index >= 15 is 0 Å². The summed E-state index contributed by atoms with van der Waals surface area (Å²) in [5, 5.41) is 6.41. The monoisotopic (exact) mass is 260 g/mol. The van der Waals surface area contributed by atoms with Crippen molar-refractivity contribution in [2.75, 3.05) is 5.32 Å². The van der Waals surface area contributed by atoms with Gasteiger partial charge in [-0.15, -0.1) is 0 Å². The fraction of sp³-hybridized carbons (Fsp3) is 0.562. The predicted octanol–water partition coefficient (Wildman–Crippen LogP) is 3.31. The van der Waals surface area contributed by atoms with Gasteiger partial charge in [-0.05, 0) is 36.5 Å². The minimum absolute atomic E-state index is 0.0265. The van der Waals surface area contributed by atoms with Crippen LogP contribution in [0, 0.1) is 5.92 Å². The van der Waals surface area contributed by atoms with Crippen molar-refractivity contribution in [1.29, 1.82) is 0 Å². The van der Waals surface area contributed by atoms with Gasteiger partial charge in [0.25, 0.3) is 0 Å². The molecule has 1 saturated carbocycles. The maximum atomic E-state index is 10.9. The van der Waals surface area contributed by atoms with E-state index in [1.165, 1.54) is 38.2 Å². The molecular weight excluding hydrogens is 236 g/mol. The molecule has 1 amide bonds. The molecule has 1 aliphatic carbocycles. The molecular formula is C16H24N2O. The molecule has 0 heterocycles. The normalized spacial score (nSPS) is 16.1. The summed E-state index contributed by atoms with van der Waals surface area (Å²) in [6, 6.07) is 8.70. The molecule has 0 aliphatic heterocycles. The summed E-state index contributed by atoms with van der Waals surface area (Å²) in [6.07, 6.45) is 5.36. The SMILES string of the molecule is CCC(CC1CC1)NCc1ccc(NC(C)=O)cc1. The van der Waals surface area contributed by atoms with Gasteiger partial charge in [-0.25, -0.2) is 0 Å². The van der Waals surface area contributed by atoms with Crippen molar-refractivity contribution >= 4 is 11.6 Å². The van der Waals surface area contributed by atoms with Crippen molar-refractivity contribution < 1.29 is 4.79 Å². The standard InChI is InChI=1S/C16H24N2O/c1-3-15(10-13-4-5-13)17-11-14-6-8-16(9-7-14)18-12(2)19/h6-9,13,15,17H,3-5,10-11H2,1-2H3,(H,18,19). The summed E-state index contributed by atoms with van der Waals surface area (Å²) in [7, 11) is 0. The second-order valence-corrected chi connectivity index (χ2v) is 5.54. The van der Waals surface area contributed by atoms with Crippen LogP contribution in [0.3, 0.4) is 0 Å². The first-order chi connectivity index (χ1) is 9.17. The molecule has 1 fully saturated rings. The Morgan fingerprint density at radius 1 is 1.32 bits per heavy atom. The second kappa shape index (κ2) is 6.71. The van der Waals surface area contributed by atoms with Gasteiger partial charge in [0.15, 0.2) is 0 Å². The summed E-state index contributed by atoms with van der Waals surface area (Å²) in [5.74, 6) is 0.945. The van der Waals surface area contributed by atoms with Gasteiger partial charge < -0.3 is 10.6 Å². The lowest BCUT2D eigenvalue weighted by atomic mass is 10.1. The third-order valence-electron chi connectivity index (χ3n) is 3.68. The molecule has 2 N–H and O–H groups in total. The zero-order valence-electron chi connectivity index (χ0n) is 11.9. The highest BCUT2D eigenvalue weighted by Crippen LogP contribution is 2.34. The molecule has 0 saturated heterocycles. The minimum Gasteiger partial charge on any atom is -0.326 e. The highest BCUT2D eigenvalue weighted by Gasteiger charge is 2.24. The number of hydrogen-bond donors (Lipinski definition) is 2. The summed E-state index contributed by atoms with van der Waals surface area (Å²) in [5.41, 5.74) is 2.13. The Labute approximate surface area is 115 Å². The van der Waals surface area contributed by atoms with E-state index in [0.29, 0.717) is 6.04 Å². The maximum absolute atomic E-state index is 10.9. The Morgan fingerprint density at radius 2 is 2.00 bits per heavy atom. The number of amides is 1. The predicted molar refractivity (Wildman–Crippen MR) is 79.0 cm³/mol. The summed E-state index contributed by atoms with van der Waals surface area (Å²) < 4.78 is 0. The smallest absolute Gasteiger partial charge is 0.221 e. The zero-order valence-corrected chi connectivity index (χ0v) is 11.9. The summed E-state index contributed by atoms with van der Waals surface area (Å²) in [4.78, 5) is 10.9. The van der Waals surface area contributed by atoms with Crippen LogP contribution >= 0.6 is 0 Å². The van der Waals surface area contributed by atoms with E-state index in [0.717, 1.165) is 18.2 Å². The first-order valence-electron chi connectivity index (χ1n) is 7.27. The van der Waals surface area contributed by atoms with Crippen LogP contribution in [0.5, 0.6) is 0 Å². The second-order valence-electron chi connectivity index (χ2n) is 5.54. The fourth-order valence-corrected chi connectivity index (χ4v) is 2.32. The van der Waals surface area contributed by atoms with Crippen LogP contribution < -0.4 is 10.6 Å². The number of benzene rings is 1. The van der Waals surface area contributed by atoms with Crippen molar-refractivity contribution in [3.63, 3.8) is 0 Å². The molecule has 3 nitrogen and oxygen atoms in total. The topological polar surface area (TPSA) is 41.1 Å². The molecule has 19 heavy (non-hydrogen) atoms. The van der Waals surface area contributed by atoms with E-state index in [-0.39, 0.29) is 5.91 Å². The van der Waals surface area contributed by atoms with Crippen molar-refractivity contribution in [2.45, 2.75) is 52.1 Å². The molecule has 0 radical (unpaired) electrons. The van der Waals surface area contributed by atoms with E-state index in [2.05, 4.69) is 29.7 Å². The Bertz CT molecular complexity index is 409. The average molecular weight is 260 g/mol. The molecule has 104 valence electrons. The lowest BCUT2D eigenvalue weighted by molar-refractivity contribution is -0.114. The maximum Gasteiger partial charge on any atom is 0.221 e. The van der Waals surface area contributed by atoms with E-state index < -0.39 is 0 Å². The lowest BCUT2D eigenvalue weighted by Gasteiger charge is -2.16. The van der Waals surface area contributed by atoms with Crippen LogP contribution in [0.1, 0.15) is 45.1 Å². The molecule has 0 spiro atoms. The summed E-state index contributed by atoms with van der Waals surface area (Å²) >= 11 is 0. The van der Waals surface area contributed by atoms with E-state index in [1.807, 2.05) is 12.1 Å². The highest BCUT2D eigenvalue weighted by atomic mass is 16.1. The van der Waals surface area contributed by atoms with E-state index in [9.17, 15) is 4.79 Å². The first-order valence-corrected chi connectivity index (χ1v) is 7.27. The molecule has 3 heteroatoms. The third kappa shape index (κ3) is 5.03. The van der Waals surface area contributed by atoms with Gasteiger partial charge in [-0.2, -0.15) is 0 Å².